The van der Waals surface area contributed by atoms with E-state index in [1.54, 1.807) is 0 Å². The lowest BCUT2D eigenvalue weighted by atomic mass is 10.1. The lowest BCUT2D eigenvalue weighted by Crippen LogP contribution is -2.06. The van der Waals surface area contributed by atoms with Gasteiger partial charge in [0, 0.05) is 27.5 Å². The Morgan fingerprint density at radius 3 is 2.72 bits per heavy atom. The van der Waals surface area contributed by atoms with Crippen LogP contribution in [-0.4, -0.2) is 19.3 Å². The largest absolute Gasteiger partial charge is 0.469 e. The second-order valence-electron chi connectivity index (χ2n) is 5.67. The van der Waals surface area contributed by atoms with Crippen molar-refractivity contribution in [2.75, 3.05) is 7.11 Å². The molecule has 1 atom stereocenters. The second kappa shape index (κ2) is 11.0. The summed E-state index contributed by atoms with van der Waals surface area (Å²) in [6, 6.07) is 3.46. The normalized spacial score (nSPS) is 12.5. The summed E-state index contributed by atoms with van der Waals surface area (Å²) < 4.78 is 40.9. The van der Waals surface area contributed by atoms with Crippen molar-refractivity contribution in [2.45, 2.75) is 63.6 Å². The van der Waals surface area contributed by atoms with Gasteiger partial charge in [-0.2, -0.15) is 13.2 Å². The zero-order chi connectivity index (χ0) is 18.7. The van der Waals surface area contributed by atoms with E-state index < -0.39 is 12.6 Å². The van der Waals surface area contributed by atoms with Crippen molar-refractivity contribution >= 4 is 17.3 Å². The molecule has 9 heteroatoms. The van der Waals surface area contributed by atoms with Crippen LogP contribution in [0.4, 0.5) is 13.2 Å². The molecule has 0 aromatic carbocycles. The van der Waals surface area contributed by atoms with Gasteiger partial charge in [0.05, 0.1) is 13.2 Å². The maximum Gasteiger partial charge on any atom is 0.389 e. The van der Waals surface area contributed by atoms with Crippen LogP contribution >= 0.6 is 11.3 Å². The first-order valence-electron chi connectivity index (χ1n) is 8.12. The number of aryl methyl sites for hydroxylation is 1. The molecule has 1 aromatic heterocycles. The maximum atomic E-state index is 12.1. The third-order valence-corrected chi connectivity index (χ3v) is 4.92. The fraction of sp³-hybridized carbons (Fsp3) is 0.688. The third-order valence-electron chi connectivity index (χ3n) is 3.67. The minimum atomic E-state index is -4.11. The Morgan fingerprint density at radius 2 is 2.08 bits per heavy atom. The minimum Gasteiger partial charge on any atom is -0.469 e. The van der Waals surface area contributed by atoms with E-state index in [9.17, 15) is 18.0 Å². The molecule has 0 aliphatic heterocycles. The molecule has 1 heterocycles. The lowest BCUT2D eigenvalue weighted by molar-refractivity contribution is -0.140. The van der Waals surface area contributed by atoms with E-state index in [-0.39, 0.29) is 18.4 Å². The summed E-state index contributed by atoms with van der Waals surface area (Å²) in [7, 11) is 1.35. The average Bonchev–Trinajstić information content (AvgIpc) is 3.01. The number of carbonyl (C=O) groups excluding carboxylic acids is 1. The van der Waals surface area contributed by atoms with Gasteiger partial charge in [-0.25, -0.2) is 0 Å². The number of rotatable bonds is 11. The number of ether oxygens (including phenoxy) is 1. The Kier molecular flexibility index (Phi) is 9.37. The van der Waals surface area contributed by atoms with E-state index in [1.165, 1.54) is 18.4 Å². The first kappa shape index (κ1) is 21.3. The van der Waals surface area contributed by atoms with E-state index >= 15 is 0 Å². The Labute approximate surface area is 148 Å². The fourth-order valence-electron chi connectivity index (χ4n) is 2.38. The first-order valence-corrected chi connectivity index (χ1v) is 8.93. The van der Waals surface area contributed by atoms with Crippen LogP contribution in [0.1, 0.15) is 60.7 Å². The molecule has 0 spiro atoms. The van der Waals surface area contributed by atoms with Crippen LogP contribution < -0.4 is 0 Å². The Morgan fingerprint density at radius 1 is 1.32 bits per heavy atom. The molecule has 0 aliphatic carbocycles. The molecule has 1 rings (SSSR count). The van der Waals surface area contributed by atoms with Crippen LogP contribution in [0.3, 0.4) is 0 Å². The summed E-state index contributed by atoms with van der Waals surface area (Å²) in [5.41, 5.74) is 8.71. The van der Waals surface area contributed by atoms with Gasteiger partial charge in [0.15, 0.2) is 0 Å². The first-order chi connectivity index (χ1) is 11.9. The molecule has 0 bridgehead atoms. The van der Waals surface area contributed by atoms with Gasteiger partial charge in [-0.1, -0.05) is 18.0 Å². The molecule has 0 radical (unpaired) electrons. The van der Waals surface area contributed by atoms with Gasteiger partial charge in [0.2, 0.25) is 0 Å². The highest BCUT2D eigenvalue weighted by Crippen LogP contribution is 2.32. The number of methoxy groups -OCH3 is 1. The number of azide groups is 1. The number of thiophene rings is 1. The van der Waals surface area contributed by atoms with Crippen molar-refractivity contribution in [2.24, 2.45) is 5.11 Å². The molecule has 0 saturated carbocycles. The zero-order valence-electron chi connectivity index (χ0n) is 14.1. The molecule has 140 valence electrons. The van der Waals surface area contributed by atoms with Crippen LogP contribution in [0.15, 0.2) is 17.2 Å². The summed E-state index contributed by atoms with van der Waals surface area (Å²) in [5.74, 6) is -0.248. The summed E-state index contributed by atoms with van der Waals surface area (Å²) in [6.45, 7) is 0. The Balaban J connectivity index is 2.45. The number of nitrogens with zero attached hydrogens (tertiary/aromatic N) is 3. The van der Waals surface area contributed by atoms with E-state index in [4.69, 9.17) is 5.53 Å². The van der Waals surface area contributed by atoms with E-state index in [0.717, 1.165) is 16.2 Å². The van der Waals surface area contributed by atoms with Crippen LogP contribution in [0, 0.1) is 0 Å². The number of carbonyl (C=O) groups is 1. The van der Waals surface area contributed by atoms with Gasteiger partial charge in [-0.3, -0.25) is 4.79 Å². The minimum absolute atomic E-state index is 0.0930. The monoisotopic (exact) mass is 377 g/mol. The number of hydrogen-bond acceptors (Lipinski definition) is 4. The Bertz CT molecular complexity index is 583. The summed E-state index contributed by atoms with van der Waals surface area (Å²) in [4.78, 5) is 15.9. The van der Waals surface area contributed by atoms with Crippen molar-refractivity contribution in [3.8, 4) is 0 Å². The molecule has 0 fully saturated rings. The summed E-state index contributed by atoms with van der Waals surface area (Å²) in [6.07, 6.45) is -1.48. The molecule has 1 unspecified atom stereocenters. The van der Waals surface area contributed by atoms with Crippen molar-refractivity contribution < 1.29 is 22.7 Å². The highest BCUT2D eigenvalue weighted by Gasteiger charge is 2.25. The standard InChI is InChI=1S/C16H22F3N3O2S/c1-24-15(23)8-5-6-12-9-10-14(25-12)13(21-22-20)7-3-2-4-11-16(17,18)19/h9-10,13H,2-8,11H2,1H3. The molecular weight excluding hydrogens is 355 g/mol. The molecule has 0 saturated heterocycles. The predicted molar refractivity (Wildman–Crippen MR) is 90.3 cm³/mol. The maximum absolute atomic E-state index is 12.1. The molecule has 5 nitrogen and oxygen atoms in total. The summed E-state index contributed by atoms with van der Waals surface area (Å²) >= 11 is 1.51. The quantitative estimate of drug-likeness (QED) is 0.153. The van der Waals surface area contributed by atoms with Crippen LogP contribution in [0.25, 0.3) is 10.4 Å². The van der Waals surface area contributed by atoms with Crippen LogP contribution in [0.5, 0.6) is 0 Å². The van der Waals surface area contributed by atoms with Gasteiger partial charge in [-0.15, -0.1) is 11.3 Å². The number of hydrogen-bond donors (Lipinski definition) is 0. The highest BCUT2D eigenvalue weighted by molar-refractivity contribution is 7.12. The van der Waals surface area contributed by atoms with Crippen molar-refractivity contribution in [1.29, 1.82) is 0 Å². The molecule has 0 amide bonds. The van der Waals surface area contributed by atoms with Gasteiger partial charge in [0.25, 0.3) is 0 Å². The Hall–Kier alpha value is -1.73. The molecule has 1 aromatic rings. The van der Waals surface area contributed by atoms with E-state index in [0.29, 0.717) is 32.1 Å². The smallest absolute Gasteiger partial charge is 0.389 e. The highest BCUT2D eigenvalue weighted by atomic mass is 32.1. The van der Waals surface area contributed by atoms with Gasteiger partial charge < -0.3 is 4.74 Å². The topological polar surface area (TPSA) is 75.1 Å². The molecule has 0 N–H and O–H groups in total. The van der Waals surface area contributed by atoms with Gasteiger partial charge in [0.1, 0.15) is 0 Å². The molecule has 0 aliphatic rings. The average molecular weight is 377 g/mol. The van der Waals surface area contributed by atoms with Crippen molar-refractivity contribution in [3.05, 3.63) is 32.3 Å². The van der Waals surface area contributed by atoms with Crippen molar-refractivity contribution in [1.82, 2.24) is 0 Å². The van der Waals surface area contributed by atoms with Crippen LogP contribution in [-0.2, 0) is 16.0 Å². The predicted octanol–water partition coefficient (Wildman–Crippen LogP) is 6.11. The van der Waals surface area contributed by atoms with E-state index in [2.05, 4.69) is 14.8 Å². The van der Waals surface area contributed by atoms with E-state index in [1.807, 2.05) is 12.1 Å². The third kappa shape index (κ3) is 9.36. The lowest BCUT2D eigenvalue weighted by Gasteiger charge is -2.09. The van der Waals surface area contributed by atoms with Crippen molar-refractivity contribution in [3.63, 3.8) is 0 Å². The SMILES string of the molecule is COC(=O)CCCc1ccc(C(CCCCCC(F)(F)F)N=[N+]=[N-])s1. The zero-order valence-corrected chi connectivity index (χ0v) is 14.9. The number of alkyl halides is 3. The van der Waals surface area contributed by atoms with Gasteiger partial charge in [-0.05, 0) is 43.3 Å². The molecular formula is C16H22F3N3O2S. The number of unbranched alkanes of at least 4 members (excludes halogenated alkanes) is 2. The summed E-state index contributed by atoms with van der Waals surface area (Å²) in [5, 5.41) is 3.77. The second-order valence-corrected chi connectivity index (χ2v) is 6.87. The van der Waals surface area contributed by atoms with Crippen LogP contribution in [0.2, 0.25) is 0 Å². The number of esters is 1. The molecule has 25 heavy (non-hydrogen) atoms. The van der Waals surface area contributed by atoms with Gasteiger partial charge >= 0.3 is 12.1 Å². The number of halogens is 3. The fourth-order valence-corrected chi connectivity index (χ4v) is 3.50.